The molecule has 0 atom stereocenters. The van der Waals surface area contributed by atoms with Gasteiger partial charge in [0.15, 0.2) is 0 Å². The molecule has 2 N–H and O–H groups in total. The second kappa shape index (κ2) is 5.39. The Labute approximate surface area is 114 Å². The Kier molecular flexibility index (Phi) is 4.02. The average molecular weight is 265 g/mol. The Bertz CT molecular complexity index is 399. The third-order valence-electron chi connectivity index (χ3n) is 3.10. The maximum atomic E-state index is 9.35. The van der Waals surface area contributed by atoms with Gasteiger partial charge in [-0.1, -0.05) is 0 Å². The second-order valence-electron chi connectivity index (χ2n) is 6.24. The van der Waals surface area contributed by atoms with Crippen molar-refractivity contribution in [2.24, 2.45) is 5.41 Å². The lowest BCUT2D eigenvalue weighted by molar-refractivity contribution is -0.128. The van der Waals surface area contributed by atoms with Crippen molar-refractivity contribution in [2.45, 2.75) is 26.4 Å². The van der Waals surface area contributed by atoms with E-state index in [0.717, 1.165) is 18.0 Å². The van der Waals surface area contributed by atoms with Crippen molar-refractivity contribution in [3.05, 3.63) is 24.3 Å². The van der Waals surface area contributed by atoms with Crippen molar-refractivity contribution in [2.75, 3.05) is 31.7 Å². The topological polar surface area (TPSA) is 50.7 Å². The van der Waals surface area contributed by atoms with Crippen LogP contribution in [0.3, 0.4) is 0 Å². The highest BCUT2D eigenvalue weighted by Gasteiger charge is 2.37. The molecule has 1 aliphatic rings. The van der Waals surface area contributed by atoms with Crippen molar-refractivity contribution in [3.8, 4) is 5.75 Å². The Morgan fingerprint density at radius 2 is 1.89 bits per heavy atom. The molecule has 0 aliphatic carbocycles. The largest absolute Gasteiger partial charge is 0.488 e. The molecule has 1 saturated heterocycles. The molecule has 0 spiro atoms. The van der Waals surface area contributed by atoms with E-state index in [2.05, 4.69) is 5.32 Å². The van der Waals surface area contributed by atoms with Gasteiger partial charge in [-0.2, -0.15) is 0 Å². The number of hydrogen-bond acceptors (Lipinski definition) is 4. The number of ether oxygens (including phenoxy) is 2. The molecule has 1 fully saturated rings. The van der Waals surface area contributed by atoms with Gasteiger partial charge >= 0.3 is 0 Å². The van der Waals surface area contributed by atoms with Gasteiger partial charge in [0.05, 0.1) is 25.2 Å². The summed E-state index contributed by atoms with van der Waals surface area (Å²) in [6.45, 7) is 8.22. The van der Waals surface area contributed by atoms with Gasteiger partial charge in [0.25, 0.3) is 0 Å². The summed E-state index contributed by atoms with van der Waals surface area (Å²) >= 11 is 0. The summed E-state index contributed by atoms with van der Waals surface area (Å²) in [6.07, 6.45) is 0. The fraction of sp³-hybridized carbons (Fsp3) is 0.600. The van der Waals surface area contributed by atoms with E-state index in [0.29, 0.717) is 13.2 Å². The Hall–Kier alpha value is -1.26. The SMILES string of the molecule is CC(C)(C)Oc1ccc(NCC2(CO)COC2)cc1. The van der Waals surface area contributed by atoms with Gasteiger partial charge in [-0.15, -0.1) is 0 Å². The number of benzene rings is 1. The van der Waals surface area contributed by atoms with E-state index >= 15 is 0 Å². The molecule has 106 valence electrons. The number of aliphatic hydroxyl groups is 1. The fourth-order valence-corrected chi connectivity index (χ4v) is 1.92. The highest BCUT2D eigenvalue weighted by atomic mass is 16.5. The fourth-order valence-electron chi connectivity index (χ4n) is 1.92. The Morgan fingerprint density at radius 3 is 2.32 bits per heavy atom. The molecular formula is C15H23NO3. The lowest BCUT2D eigenvalue weighted by atomic mass is 9.87. The third-order valence-corrected chi connectivity index (χ3v) is 3.10. The highest BCUT2D eigenvalue weighted by molar-refractivity contribution is 5.46. The lowest BCUT2D eigenvalue weighted by Crippen LogP contribution is -2.50. The monoisotopic (exact) mass is 265 g/mol. The molecular weight excluding hydrogens is 242 g/mol. The van der Waals surface area contributed by atoms with Crippen molar-refractivity contribution in [3.63, 3.8) is 0 Å². The second-order valence-corrected chi connectivity index (χ2v) is 6.24. The minimum absolute atomic E-state index is 0.111. The van der Waals surface area contributed by atoms with Crippen LogP contribution in [0.2, 0.25) is 0 Å². The quantitative estimate of drug-likeness (QED) is 0.857. The molecule has 1 aliphatic heterocycles. The van der Waals surface area contributed by atoms with Crippen LogP contribution < -0.4 is 10.1 Å². The zero-order valence-electron chi connectivity index (χ0n) is 11.9. The summed E-state index contributed by atoms with van der Waals surface area (Å²) < 4.78 is 10.9. The minimum Gasteiger partial charge on any atom is -0.488 e. The van der Waals surface area contributed by atoms with Crippen LogP contribution in [0.1, 0.15) is 20.8 Å². The van der Waals surface area contributed by atoms with Crippen LogP contribution in [0.4, 0.5) is 5.69 Å². The van der Waals surface area contributed by atoms with E-state index < -0.39 is 0 Å². The van der Waals surface area contributed by atoms with Gasteiger partial charge in [0.1, 0.15) is 11.4 Å². The van der Waals surface area contributed by atoms with Crippen LogP contribution >= 0.6 is 0 Å². The first-order chi connectivity index (χ1) is 8.92. The minimum atomic E-state index is -0.181. The smallest absolute Gasteiger partial charge is 0.120 e. The van der Waals surface area contributed by atoms with Crippen molar-refractivity contribution >= 4 is 5.69 Å². The maximum absolute atomic E-state index is 9.35. The Morgan fingerprint density at radius 1 is 1.26 bits per heavy atom. The third kappa shape index (κ3) is 3.85. The molecule has 1 aromatic carbocycles. The first kappa shape index (κ1) is 14.2. The van der Waals surface area contributed by atoms with Crippen molar-refractivity contribution in [1.82, 2.24) is 0 Å². The summed E-state index contributed by atoms with van der Waals surface area (Å²) in [5.74, 6) is 0.863. The van der Waals surface area contributed by atoms with Crippen LogP contribution in [0.25, 0.3) is 0 Å². The van der Waals surface area contributed by atoms with E-state index in [-0.39, 0.29) is 17.6 Å². The van der Waals surface area contributed by atoms with E-state index in [9.17, 15) is 5.11 Å². The van der Waals surface area contributed by atoms with Crippen LogP contribution in [0, 0.1) is 5.41 Å². The predicted octanol–water partition coefficient (Wildman–Crippen LogP) is 2.28. The summed E-state index contributed by atoms with van der Waals surface area (Å²) in [5, 5.41) is 12.7. The average Bonchev–Trinajstić information content (AvgIpc) is 2.28. The molecule has 0 radical (unpaired) electrons. The van der Waals surface area contributed by atoms with E-state index in [1.165, 1.54) is 0 Å². The van der Waals surface area contributed by atoms with E-state index in [1.807, 2.05) is 45.0 Å². The number of anilines is 1. The molecule has 0 bridgehead atoms. The van der Waals surface area contributed by atoms with Gasteiger partial charge in [-0.25, -0.2) is 0 Å². The number of nitrogens with one attached hydrogen (secondary N) is 1. The normalized spacial score (nSPS) is 17.7. The summed E-state index contributed by atoms with van der Waals surface area (Å²) in [7, 11) is 0. The van der Waals surface area contributed by atoms with Crippen LogP contribution in [-0.4, -0.2) is 37.1 Å². The molecule has 0 saturated carbocycles. The molecule has 4 nitrogen and oxygen atoms in total. The summed E-state index contributed by atoms with van der Waals surface area (Å²) in [5.41, 5.74) is 0.737. The zero-order chi connectivity index (χ0) is 13.9. The van der Waals surface area contributed by atoms with Gasteiger partial charge in [0, 0.05) is 12.2 Å². The van der Waals surface area contributed by atoms with E-state index in [1.54, 1.807) is 0 Å². The van der Waals surface area contributed by atoms with Crippen molar-refractivity contribution < 1.29 is 14.6 Å². The van der Waals surface area contributed by atoms with E-state index in [4.69, 9.17) is 9.47 Å². The Balaban J connectivity index is 1.88. The molecule has 19 heavy (non-hydrogen) atoms. The van der Waals surface area contributed by atoms with Crippen molar-refractivity contribution in [1.29, 1.82) is 0 Å². The predicted molar refractivity (Wildman–Crippen MR) is 75.7 cm³/mol. The summed E-state index contributed by atoms with van der Waals surface area (Å²) in [6, 6.07) is 7.89. The highest BCUT2D eigenvalue weighted by Crippen LogP contribution is 2.27. The first-order valence-corrected chi connectivity index (χ1v) is 6.64. The number of hydrogen-bond donors (Lipinski definition) is 2. The van der Waals surface area contributed by atoms with Crippen LogP contribution in [-0.2, 0) is 4.74 Å². The lowest BCUT2D eigenvalue weighted by Gasteiger charge is -2.40. The van der Waals surface area contributed by atoms with Gasteiger partial charge in [-0.3, -0.25) is 0 Å². The van der Waals surface area contributed by atoms with Crippen LogP contribution in [0.5, 0.6) is 5.75 Å². The van der Waals surface area contributed by atoms with Crippen LogP contribution in [0.15, 0.2) is 24.3 Å². The maximum Gasteiger partial charge on any atom is 0.120 e. The number of aliphatic hydroxyl groups excluding tert-OH is 1. The van der Waals surface area contributed by atoms with Gasteiger partial charge in [-0.05, 0) is 45.0 Å². The molecule has 4 heteroatoms. The molecule has 0 aromatic heterocycles. The molecule has 0 unspecified atom stereocenters. The first-order valence-electron chi connectivity index (χ1n) is 6.64. The zero-order valence-corrected chi connectivity index (χ0v) is 11.9. The molecule has 2 rings (SSSR count). The van der Waals surface area contributed by atoms with Gasteiger partial charge < -0.3 is 19.9 Å². The molecule has 0 amide bonds. The molecule has 1 aromatic rings. The standard InChI is InChI=1S/C15H23NO3/c1-14(2,3)19-13-6-4-12(5-7-13)16-8-15(9-17)10-18-11-15/h4-7,16-17H,8-11H2,1-3H3. The summed E-state index contributed by atoms with van der Waals surface area (Å²) in [4.78, 5) is 0. The molecule has 1 heterocycles. The number of rotatable bonds is 5. The van der Waals surface area contributed by atoms with Gasteiger partial charge in [0.2, 0.25) is 0 Å².